The van der Waals surface area contributed by atoms with Crippen LogP contribution in [-0.2, 0) is 39.5 Å². The molecule has 1 aromatic carbocycles. The fourth-order valence-electron chi connectivity index (χ4n) is 7.99. The van der Waals surface area contributed by atoms with E-state index in [1.54, 1.807) is 0 Å². The highest BCUT2D eigenvalue weighted by molar-refractivity contribution is 7.91. The van der Waals surface area contributed by atoms with Crippen LogP contribution in [-0.4, -0.2) is 85.9 Å². The Morgan fingerprint density at radius 1 is 0.942 bits per heavy atom. The minimum absolute atomic E-state index is 0.0319. The smallest absolute Gasteiger partial charge is 0.408 e. The number of nitrogens with zero attached hydrogens (tertiary/aromatic N) is 1. The molecule has 0 aromatic heterocycles. The average molecular weight is 743 g/mol. The van der Waals surface area contributed by atoms with Crippen LogP contribution in [0.5, 0.6) is 5.75 Å². The second-order valence-electron chi connectivity index (χ2n) is 16.4. The summed E-state index contributed by atoms with van der Waals surface area (Å²) in [5.74, 6) is -1.77. The maximum Gasteiger partial charge on any atom is 0.408 e. The van der Waals surface area contributed by atoms with E-state index in [1.165, 1.54) is 18.1 Å². The van der Waals surface area contributed by atoms with Gasteiger partial charge >= 0.3 is 6.09 Å². The molecule has 0 spiro atoms. The lowest BCUT2D eigenvalue weighted by molar-refractivity contribution is -0.143. The second-order valence-corrected chi connectivity index (χ2v) is 18.3. The number of methoxy groups -OCH3 is 1. The van der Waals surface area contributed by atoms with E-state index in [0.717, 1.165) is 62.7 Å². The number of hydrogen-bond donors (Lipinski definition) is 3. The highest BCUT2D eigenvalue weighted by Gasteiger charge is 2.62. The summed E-state index contributed by atoms with van der Waals surface area (Å²) in [4.78, 5) is 57.2. The van der Waals surface area contributed by atoms with Gasteiger partial charge in [0.25, 0.3) is 5.91 Å². The molecule has 4 amide bonds. The molecule has 0 radical (unpaired) electrons. The first-order chi connectivity index (χ1) is 24.6. The Kier molecular flexibility index (Phi) is 10.7. The van der Waals surface area contributed by atoms with Crippen molar-refractivity contribution in [3.8, 4) is 5.75 Å². The van der Waals surface area contributed by atoms with Crippen molar-refractivity contribution in [2.24, 2.45) is 11.3 Å². The summed E-state index contributed by atoms with van der Waals surface area (Å²) in [5, 5.41) is 5.00. The van der Waals surface area contributed by atoms with E-state index in [9.17, 15) is 27.6 Å². The summed E-state index contributed by atoms with van der Waals surface area (Å²) in [6.07, 6.45) is 9.65. The normalized spacial score (nSPS) is 28.6. The maximum atomic E-state index is 14.7. The van der Waals surface area contributed by atoms with Gasteiger partial charge in [-0.1, -0.05) is 39.0 Å². The molecule has 1 aliphatic heterocycles. The number of likely N-dealkylation sites (tertiary alicyclic amines) is 1. The van der Waals surface area contributed by atoms with Crippen LogP contribution in [0.3, 0.4) is 0 Å². The molecule has 1 aromatic rings. The third-order valence-electron chi connectivity index (χ3n) is 11.5. The summed E-state index contributed by atoms with van der Waals surface area (Å²) in [6.45, 7) is 9.23. The van der Waals surface area contributed by atoms with Gasteiger partial charge in [0.2, 0.25) is 21.8 Å². The summed E-state index contributed by atoms with van der Waals surface area (Å²) >= 11 is 0. The van der Waals surface area contributed by atoms with Crippen molar-refractivity contribution in [3.05, 3.63) is 42.5 Å². The number of carbonyl (C=O) groups excluding carboxylic acids is 4. The number of nitrogens with one attached hydrogen (secondary N) is 3. The standard InChI is InChI=1S/C38H54N4O9S/c1-6-24-21-38(24,34(45)41-52(47,48)29-19-20-29)40-32(43)30-22-37(49-5,25-15-17-28(18-16-25)50-26-11-7-8-12-26)23-42(30)33(44)31(36(2,3)4)39-35(46)51-27-13-9-10-14-27/h6,15-18,24,26-27,29-31H,1,7-14,19-23H2,2-5H3,(H,39,46)(H,40,43)(H,41,45)/t24-,30+,31-,37+,38-/m1/s1. The van der Waals surface area contributed by atoms with E-state index in [0.29, 0.717) is 12.8 Å². The lowest BCUT2D eigenvalue weighted by Gasteiger charge is -2.36. The van der Waals surface area contributed by atoms with Gasteiger partial charge in [0, 0.05) is 19.4 Å². The molecular formula is C38H54N4O9S. The zero-order valence-electron chi connectivity index (χ0n) is 30.8. The number of sulfonamides is 1. The molecule has 5 atom stereocenters. The largest absolute Gasteiger partial charge is 0.490 e. The van der Waals surface area contributed by atoms with Crippen molar-refractivity contribution < 1.29 is 41.8 Å². The van der Waals surface area contributed by atoms with Crippen LogP contribution >= 0.6 is 0 Å². The second kappa shape index (κ2) is 14.6. The summed E-state index contributed by atoms with van der Waals surface area (Å²) in [6, 6.07) is 5.27. The Hall–Kier alpha value is -3.65. The van der Waals surface area contributed by atoms with Gasteiger partial charge < -0.3 is 29.7 Å². The number of carbonyl (C=O) groups is 4. The van der Waals surface area contributed by atoms with E-state index < -0.39 is 73.6 Å². The van der Waals surface area contributed by atoms with Crippen LogP contribution in [0.25, 0.3) is 0 Å². The Bertz CT molecular complexity index is 1640. The highest BCUT2D eigenvalue weighted by atomic mass is 32.2. The van der Waals surface area contributed by atoms with Crippen LogP contribution in [0.1, 0.15) is 103 Å². The van der Waals surface area contributed by atoms with E-state index >= 15 is 0 Å². The van der Waals surface area contributed by atoms with Crippen molar-refractivity contribution in [2.45, 2.75) is 139 Å². The molecular weight excluding hydrogens is 689 g/mol. The van der Waals surface area contributed by atoms with Crippen LogP contribution in [0.2, 0.25) is 0 Å². The van der Waals surface area contributed by atoms with Crippen LogP contribution in [0.15, 0.2) is 36.9 Å². The van der Waals surface area contributed by atoms with Crippen molar-refractivity contribution in [1.82, 2.24) is 20.3 Å². The zero-order valence-corrected chi connectivity index (χ0v) is 31.6. The Labute approximate surface area is 307 Å². The SMILES string of the molecule is C=C[C@@H]1C[C@]1(NC(=O)[C@@H]1C[C@@](OC)(c2ccc(OC3CCCC3)cc2)CN1C(=O)[C@@H](NC(=O)OC1CCCC1)C(C)(C)C)C(=O)NS(=O)(=O)C1CC1. The van der Waals surface area contributed by atoms with Crippen molar-refractivity contribution in [1.29, 1.82) is 0 Å². The van der Waals surface area contributed by atoms with E-state index in [1.807, 2.05) is 45.0 Å². The fourth-order valence-corrected chi connectivity index (χ4v) is 9.36. The minimum atomic E-state index is -3.89. The highest BCUT2D eigenvalue weighted by Crippen LogP contribution is 2.47. The molecule has 52 heavy (non-hydrogen) atoms. The predicted octanol–water partition coefficient (Wildman–Crippen LogP) is 4.20. The molecule has 1 saturated heterocycles. The lowest BCUT2D eigenvalue weighted by atomic mass is 9.85. The lowest BCUT2D eigenvalue weighted by Crippen LogP contribution is -2.60. The van der Waals surface area contributed by atoms with Gasteiger partial charge in [-0.25, -0.2) is 13.2 Å². The fraction of sp³-hybridized carbons (Fsp3) is 0.684. The topological polar surface area (TPSA) is 169 Å². The Morgan fingerprint density at radius 3 is 2.10 bits per heavy atom. The molecule has 5 fully saturated rings. The molecule has 5 aliphatic rings. The van der Waals surface area contributed by atoms with Crippen molar-refractivity contribution >= 4 is 33.8 Å². The number of rotatable bonds is 13. The van der Waals surface area contributed by atoms with Gasteiger partial charge in [-0.2, -0.15) is 0 Å². The monoisotopic (exact) mass is 742 g/mol. The van der Waals surface area contributed by atoms with Gasteiger partial charge in [0.1, 0.15) is 35.1 Å². The first-order valence-electron chi connectivity index (χ1n) is 18.7. The summed E-state index contributed by atoms with van der Waals surface area (Å²) in [5.41, 5.74) is -2.74. The van der Waals surface area contributed by atoms with Gasteiger partial charge in [-0.15, -0.1) is 6.58 Å². The van der Waals surface area contributed by atoms with Gasteiger partial charge in [0.15, 0.2) is 0 Å². The molecule has 286 valence electrons. The summed E-state index contributed by atoms with van der Waals surface area (Å²) < 4.78 is 45.7. The molecule has 14 heteroatoms. The molecule has 13 nitrogen and oxygen atoms in total. The first-order valence-corrected chi connectivity index (χ1v) is 20.3. The minimum Gasteiger partial charge on any atom is -0.490 e. The van der Waals surface area contributed by atoms with E-state index in [2.05, 4.69) is 21.9 Å². The van der Waals surface area contributed by atoms with Gasteiger partial charge in [-0.3, -0.25) is 19.1 Å². The van der Waals surface area contributed by atoms with Crippen LogP contribution in [0.4, 0.5) is 4.79 Å². The quantitative estimate of drug-likeness (QED) is 0.251. The molecule has 1 heterocycles. The predicted molar refractivity (Wildman–Crippen MR) is 193 cm³/mol. The molecule has 4 aliphatic carbocycles. The number of benzene rings is 1. The molecule has 4 saturated carbocycles. The third kappa shape index (κ3) is 7.97. The maximum absolute atomic E-state index is 14.7. The van der Waals surface area contributed by atoms with Gasteiger partial charge in [-0.05, 0) is 93.7 Å². The molecule has 0 unspecified atom stereocenters. The molecule has 0 bridgehead atoms. The molecule has 6 rings (SSSR count). The Morgan fingerprint density at radius 2 is 1.56 bits per heavy atom. The number of amides is 4. The summed E-state index contributed by atoms with van der Waals surface area (Å²) in [7, 11) is -2.37. The third-order valence-corrected chi connectivity index (χ3v) is 13.3. The number of alkyl carbamates (subject to hydrolysis) is 1. The molecule has 3 N–H and O–H groups in total. The van der Waals surface area contributed by atoms with E-state index in [-0.39, 0.29) is 31.6 Å². The Balaban J connectivity index is 1.29. The van der Waals surface area contributed by atoms with Gasteiger partial charge in [0.05, 0.1) is 17.9 Å². The first kappa shape index (κ1) is 38.1. The average Bonchev–Trinajstić information content (AvgIpc) is 3.88. The van der Waals surface area contributed by atoms with Crippen LogP contribution in [0, 0.1) is 11.3 Å². The van der Waals surface area contributed by atoms with Crippen molar-refractivity contribution in [3.63, 3.8) is 0 Å². The van der Waals surface area contributed by atoms with Crippen molar-refractivity contribution in [2.75, 3.05) is 13.7 Å². The number of hydrogen-bond acceptors (Lipinski definition) is 9. The number of ether oxygens (including phenoxy) is 3. The zero-order chi connectivity index (χ0) is 37.5. The van der Waals surface area contributed by atoms with Crippen LogP contribution < -0.4 is 20.1 Å². The van der Waals surface area contributed by atoms with E-state index in [4.69, 9.17) is 14.2 Å².